The quantitative estimate of drug-likeness (QED) is 0.503. The third-order valence-corrected chi connectivity index (χ3v) is 1.71. The minimum absolute atomic E-state index is 0.783. The molecule has 0 bridgehead atoms. The highest BCUT2D eigenvalue weighted by molar-refractivity contribution is 5.30. The first kappa shape index (κ1) is 9.59. The smallest absolute Gasteiger partial charge is 0.127 e. The maximum atomic E-state index is 5.54. The lowest BCUT2D eigenvalue weighted by molar-refractivity contribution is 0.443. The van der Waals surface area contributed by atoms with E-state index in [-0.39, 0.29) is 0 Å². The SMILES string of the molecule is C=C/C(=C/C)Oc1cccc(C)c1. The average Bonchev–Trinajstić information content (AvgIpc) is 2.14. The molecule has 0 fully saturated rings. The van der Waals surface area contributed by atoms with Gasteiger partial charge in [0, 0.05) is 0 Å². The fourth-order valence-electron chi connectivity index (χ4n) is 1.03. The summed E-state index contributed by atoms with van der Waals surface area (Å²) >= 11 is 0. The van der Waals surface area contributed by atoms with Crippen molar-refractivity contribution in [3.05, 3.63) is 54.3 Å². The van der Waals surface area contributed by atoms with Crippen LogP contribution in [0.15, 0.2) is 48.8 Å². The van der Waals surface area contributed by atoms with Gasteiger partial charge in [-0.1, -0.05) is 18.7 Å². The van der Waals surface area contributed by atoms with Crippen LogP contribution in [0.3, 0.4) is 0 Å². The van der Waals surface area contributed by atoms with Gasteiger partial charge < -0.3 is 4.74 Å². The first-order chi connectivity index (χ1) is 6.26. The molecule has 0 aliphatic rings. The molecule has 0 atom stereocenters. The lowest BCUT2D eigenvalue weighted by Crippen LogP contribution is -1.91. The summed E-state index contributed by atoms with van der Waals surface area (Å²) in [6.07, 6.45) is 3.58. The fourth-order valence-corrected chi connectivity index (χ4v) is 1.03. The standard InChI is InChI=1S/C12H14O/c1-4-11(5-2)13-12-8-6-7-10(3)9-12/h4-9H,1H2,2-3H3/b11-5-. The molecule has 0 saturated carbocycles. The first-order valence-electron chi connectivity index (χ1n) is 4.29. The van der Waals surface area contributed by atoms with Gasteiger partial charge in [0.25, 0.3) is 0 Å². The molecule has 13 heavy (non-hydrogen) atoms. The fraction of sp³-hybridized carbons (Fsp3) is 0.167. The zero-order chi connectivity index (χ0) is 9.68. The highest BCUT2D eigenvalue weighted by Gasteiger charge is 1.94. The van der Waals surface area contributed by atoms with E-state index in [1.54, 1.807) is 6.08 Å². The molecule has 1 rings (SSSR count). The predicted molar refractivity (Wildman–Crippen MR) is 55.8 cm³/mol. The second-order valence-electron chi connectivity index (χ2n) is 2.81. The largest absolute Gasteiger partial charge is 0.458 e. The lowest BCUT2D eigenvalue weighted by Gasteiger charge is -2.05. The molecule has 0 heterocycles. The number of aryl methyl sites for hydroxylation is 1. The van der Waals surface area contributed by atoms with E-state index in [1.165, 1.54) is 5.56 Å². The minimum atomic E-state index is 0.783. The summed E-state index contributed by atoms with van der Waals surface area (Å²) in [5.41, 5.74) is 1.19. The summed E-state index contributed by atoms with van der Waals surface area (Å²) in [7, 11) is 0. The van der Waals surface area contributed by atoms with E-state index in [2.05, 4.69) is 6.58 Å². The van der Waals surface area contributed by atoms with Crippen LogP contribution in [0, 0.1) is 6.92 Å². The van der Waals surface area contributed by atoms with Gasteiger partial charge in [-0.2, -0.15) is 0 Å². The minimum Gasteiger partial charge on any atom is -0.458 e. The van der Waals surface area contributed by atoms with Crippen LogP contribution in [0.4, 0.5) is 0 Å². The molecular formula is C12H14O. The van der Waals surface area contributed by atoms with Crippen LogP contribution in [0.25, 0.3) is 0 Å². The van der Waals surface area contributed by atoms with E-state index >= 15 is 0 Å². The summed E-state index contributed by atoms with van der Waals surface area (Å²) in [4.78, 5) is 0. The van der Waals surface area contributed by atoms with E-state index in [1.807, 2.05) is 44.2 Å². The van der Waals surface area contributed by atoms with Gasteiger partial charge in [0.2, 0.25) is 0 Å². The molecule has 1 nitrogen and oxygen atoms in total. The molecule has 0 aliphatic heterocycles. The van der Waals surface area contributed by atoms with Gasteiger partial charge in [-0.25, -0.2) is 0 Å². The van der Waals surface area contributed by atoms with E-state index < -0.39 is 0 Å². The van der Waals surface area contributed by atoms with Gasteiger partial charge in [0.1, 0.15) is 11.5 Å². The second kappa shape index (κ2) is 4.51. The number of ether oxygens (including phenoxy) is 1. The Kier molecular flexibility index (Phi) is 3.32. The Morgan fingerprint density at radius 3 is 2.77 bits per heavy atom. The Morgan fingerprint density at radius 1 is 1.46 bits per heavy atom. The van der Waals surface area contributed by atoms with Crippen molar-refractivity contribution < 1.29 is 4.74 Å². The number of rotatable bonds is 3. The Labute approximate surface area is 79.4 Å². The van der Waals surface area contributed by atoms with Gasteiger partial charge in [0.15, 0.2) is 0 Å². The number of allylic oxidation sites excluding steroid dienone is 2. The van der Waals surface area contributed by atoms with Crippen molar-refractivity contribution in [3.63, 3.8) is 0 Å². The topological polar surface area (TPSA) is 9.23 Å². The highest BCUT2D eigenvalue weighted by Crippen LogP contribution is 2.15. The molecule has 0 radical (unpaired) electrons. The third kappa shape index (κ3) is 2.79. The van der Waals surface area contributed by atoms with Crippen molar-refractivity contribution in [1.82, 2.24) is 0 Å². The van der Waals surface area contributed by atoms with Gasteiger partial charge in [-0.15, -0.1) is 0 Å². The van der Waals surface area contributed by atoms with Crippen LogP contribution in [0.1, 0.15) is 12.5 Å². The molecule has 0 amide bonds. The van der Waals surface area contributed by atoms with Crippen molar-refractivity contribution in [2.75, 3.05) is 0 Å². The molecule has 1 heteroatoms. The van der Waals surface area contributed by atoms with Crippen LogP contribution in [-0.4, -0.2) is 0 Å². The summed E-state index contributed by atoms with van der Waals surface area (Å²) in [6.45, 7) is 7.62. The predicted octanol–water partition coefficient (Wildman–Crippen LogP) is 3.46. The molecule has 0 N–H and O–H groups in total. The summed E-state index contributed by atoms with van der Waals surface area (Å²) in [5.74, 6) is 1.64. The molecule has 0 saturated heterocycles. The monoisotopic (exact) mass is 174 g/mol. The van der Waals surface area contributed by atoms with Crippen LogP contribution >= 0.6 is 0 Å². The maximum absolute atomic E-state index is 5.54. The van der Waals surface area contributed by atoms with Crippen LogP contribution in [0.5, 0.6) is 5.75 Å². The molecule has 1 aromatic carbocycles. The Balaban J connectivity index is 2.79. The molecule has 0 aliphatic carbocycles. The van der Waals surface area contributed by atoms with Crippen LogP contribution in [0.2, 0.25) is 0 Å². The summed E-state index contributed by atoms with van der Waals surface area (Å²) < 4.78 is 5.54. The van der Waals surface area contributed by atoms with Crippen molar-refractivity contribution in [2.45, 2.75) is 13.8 Å². The molecule has 68 valence electrons. The number of hydrogen-bond acceptors (Lipinski definition) is 1. The van der Waals surface area contributed by atoms with Crippen molar-refractivity contribution >= 4 is 0 Å². The second-order valence-corrected chi connectivity index (χ2v) is 2.81. The number of benzene rings is 1. The molecular weight excluding hydrogens is 160 g/mol. The molecule has 0 unspecified atom stereocenters. The average molecular weight is 174 g/mol. The van der Waals surface area contributed by atoms with Crippen LogP contribution < -0.4 is 4.74 Å². The molecule has 0 aromatic heterocycles. The molecule has 1 aromatic rings. The third-order valence-electron chi connectivity index (χ3n) is 1.71. The van der Waals surface area contributed by atoms with Gasteiger partial charge in [-0.3, -0.25) is 0 Å². The van der Waals surface area contributed by atoms with Crippen molar-refractivity contribution in [2.24, 2.45) is 0 Å². The highest BCUT2D eigenvalue weighted by atomic mass is 16.5. The normalized spacial score (nSPS) is 11.1. The van der Waals surface area contributed by atoms with Crippen molar-refractivity contribution in [1.29, 1.82) is 0 Å². The van der Waals surface area contributed by atoms with E-state index in [9.17, 15) is 0 Å². The van der Waals surface area contributed by atoms with Crippen molar-refractivity contribution in [3.8, 4) is 5.75 Å². The lowest BCUT2D eigenvalue weighted by atomic mass is 10.2. The summed E-state index contributed by atoms with van der Waals surface area (Å²) in [6, 6.07) is 7.93. The Bertz CT molecular complexity index is 324. The zero-order valence-electron chi connectivity index (χ0n) is 8.08. The van der Waals surface area contributed by atoms with Gasteiger partial charge in [-0.05, 0) is 43.7 Å². The zero-order valence-corrected chi connectivity index (χ0v) is 8.08. The van der Waals surface area contributed by atoms with Gasteiger partial charge in [0.05, 0.1) is 0 Å². The molecule has 0 spiro atoms. The Hall–Kier alpha value is -1.50. The van der Waals surface area contributed by atoms with E-state index in [4.69, 9.17) is 4.74 Å². The Morgan fingerprint density at radius 2 is 2.23 bits per heavy atom. The van der Waals surface area contributed by atoms with Crippen LogP contribution in [-0.2, 0) is 0 Å². The number of hydrogen-bond donors (Lipinski definition) is 0. The summed E-state index contributed by atoms with van der Waals surface area (Å²) in [5, 5.41) is 0. The van der Waals surface area contributed by atoms with E-state index in [0.29, 0.717) is 0 Å². The van der Waals surface area contributed by atoms with E-state index in [0.717, 1.165) is 11.5 Å². The first-order valence-corrected chi connectivity index (χ1v) is 4.29. The van der Waals surface area contributed by atoms with Gasteiger partial charge >= 0.3 is 0 Å². The maximum Gasteiger partial charge on any atom is 0.127 e.